The first-order valence-corrected chi connectivity index (χ1v) is 5.56. The van der Waals surface area contributed by atoms with E-state index in [4.69, 9.17) is 0 Å². The van der Waals surface area contributed by atoms with Gasteiger partial charge in [-0.15, -0.1) is 6.58 Å². The van der Waals surface area contributed by atoms with Gasteiger partial charge in [-0.05, 0) is 24.8 Å². The second-order valence-corrected chi connectivity index (χ2v) is 4.84. The Morgan fingerprint density at radius 2 is 2.38 bits per heavy atom. The molecule has 3 nitrogen and oxygen atoms in total. The van der Waals surface area contributed by atoms with E-state index in [0.717, 1.165) is 18.4 Å². The fourth-order valence-electron chi connectivity index (χ4n) is 2.36. The number of allylic oxidation sites excluding steroid dienone is 1. The van der Waals surface area contributed by atoms with Gasteiger partial charge in [0.1, 0.15) is 6.42 Å². The third kappa shape index (κ3) is 2.12. The molecule has 0 spiro atoms. The molecule has 3 heteroatoms. The van der Waals surface area contributed by atoms with Crippen LogP contribution in [0.1, 0.15) is 39.5 Å². The molecule has 0 heterocycles. The molecule has 0 aromatic rings. The lowest BCUT2D eigenvalue weighted by atomic mass is 9.62. The second-order valence-electron chi connectivity index (χ2n) is 4.84. The van der Waals surface area contributed by atoms with Crippen LogP contribution in [-0.2, 0) is 0 Å². The molecule has 1 aliphatic carbocycles. The lowest BCUT2D eigenvalue weighted by Crippen LogP contribution is -2.47. The highest BCUT2D eigenvalue weighted by molar-refractivity contribution is 5.26. The average molecular weight is 221 g/mol. The molecule has 0 aliphatic heterocycles. The van der Waals surface area contributed by atoms with Crippen LogP contribution in [0.3, 0.4) is 0 Å². The maximum Gasteiger partial charge on any atom is 0.302 e. The van der Waals surface area contributed by atoms with Crippen LogP contribution in [0.25, 0.3) is 5.01 Å². The summed E-state index contributed by atoms with van der Waals surface area (Å²) in [7, 11) is 0. The topological polar surface area (TPSA) is 47.6 Å². The average Bonchev–Trinajstić information content (AvgIpc) is 2.21. The summed E-state index contributed by atoms with van der Waals surface area (Å²) in [6.07, 6.45) is 6.33. The Balaban J connectivity index is 2.99. The van der Waals surface area contributed by atoms with Crippen molar-refractivity contribution in [1.82, 2.24) is 0 Å². The quantitative estimate of drug-likeness (QED) is 0.587. The molecule has 16 heavy (non-hydrogen) atoms. The first kappa shape index (κ1) is 12.8. The molecule has 1 rings (SSSR count). The Kier molecular flexibility index (Phi) is 3.77. The summed E-state index contributed by atoms with van der Waals surface area (Å²) in [6, 6.07) is 2.42. The van der Waals surface area contributed by atoms with E-state index in [2.05, 4.69) is 23.7 Å². The van der Waals surface area contributed by atoms with Crippen LogP contribution < -0.4 is 0 Å². The smallest absolute Gasteiger partial charge is 0.302 e. The monoisotopic (exact) mass is 221 g/mol. The molecule has 0 radical (unpaired) electrons. The molecule has 0 saturated carbocycles. The van der Waals surface area contributed by atoms with E-state index in [0.29, 0.717) is 12.8 Å². The zero-order valence-corrected chi connectivity index (χ0v) is 9.99. The highest BCUT2D eigenvalue weighted by atomic mass is 16.4. The highest BCUT2D eigenvalue weighted by Gasteiger charge is 2.46. The van der Waals surface area contributed by atoms with Gasteiger partial charge >= 0.3 is 6.07 Å². The molecule has 0 aromatic heterocycles. The molecule has 1 N–H and O–H groups in total. The molecular formula is C13H19NO2. The van der Waals surface area contributed by atoms with E-state index in [1.807, 2.05) is 13.8 Å². The zero-order valence-electron chi connectivity index (χ0n) is 9.99. The Bertz CT molecular complexity index is 360. The van der Waals surface area contributed by atoms with Gasteiger partial charge in [0, 0.05) is 10.4 Å². The van der Waals surface area contributed by atoms with Gasteiger partial charge in [0.05, 0.1) is 5.60 Å². The first-order chi connectivity index (χ1) is 7.48. The fraction of sp³-hybridized carbons (Fsp3) is 0.615. The van der Waals surface area contributed by atoms with Crippen LogP contribution >= 0.6 is 0 Å². The largest absolute Gasteiger partial charge is 0.498 e. The van der Waals surface area contributed by atoms with Gasteiger partial charge in [-0.2, -0.15) is 0 Å². The number of rotatable bonds is 3. The minimum Gasteiger partial charge on any atom is -0.498 e. The maximum absolute atomic E-state index is 10.6. The molecule has 0 saturated heterocycles. The van der Waals surface area contributed by atoms with Gasteiger partial charge in [-0.3, -0.25) is 0 Å². The Morgan fingerprint density at radius 1 is 1.69 bits per heavy atom. The maximum atomic E-state index is 10.6. The van der Waals surface area contributed by atoms with Crippen molar-refractivity contribution in [3.63, 3.8) is 0 Å². The predicted molar refractivity (Wildman–Crippen MR) is 66.1 cm³/mol. The van der Waals surface area contributed by atoms with Gasteiger partial charge < -0.3 is 10.3 Å². The Hall–Kier alpha value is -1.27. The third-order valence-electron chi connectivity index (χ3n) is 3.73. The van der Waals surface area contributed by atoms with E-state index < -0.39 is 5.60 Å². The minimum absolute atomic E-state index is 0.364. The Labute approximate surface area is 96.9 Å². The number of hydrogen-bond donors (Lipinski definition) is 1. The van der Waals surface area contributed by atoms with Gasteiger partial charge in [0.2, 0.25) is 0 Å². The molecule has 0 amide bonds. The van der Waals surface area contributed by atoms with Crippen molar-refractivity contribution in [2.24, 2.45) is 5.41 Å². The van der Waals surface area contributed by atoms with Gasteiger partial charge in [0.25, 0.3) is 0 Å². The van der Waals surface area contributed by atoms with Crippen LogP contribution in [0.5, 0.6) is 0 Å². The van der Waals surface area contributed by atoms with E-state index >= 15 is 0 Å². The lowest BCUT2D eigenvalue weighted by Gasteiger charge is -2.46. The summed E-state index contributed by atoms with van der Waals surface area (Å²) in [4.78, 5) is 0. The molecule has 0 aromatic carbocycles. The van der Waals surface area contributed by atoms with E-state index in [9.17, 15) is 10.3 Å². The second kappa shape index (κ2) is 4.71. The van der Waals surface area contributed by atoms with Crippen molar-refractivity contribution < 1.29 is 5.11 Å². The molecule has 88 valence electrons. The normalized spacial score (nSPS) is 27.6. The predicted octanol–water partition coefficient (Wildman–Crippen LogP) is 3.26. The van der Waals surface area contributed by atoms with Crippen molar-refractivity contribution in [2.75, 3.05) is 0 Å². The zero-order chi connectivity index (χ0) is 12.2. The van der Waals surface area contributed by atoms with E-state index in [1.165, 1.54) is 0 Å². The highest BCUT2D eigenvalue weighted by Crippen LogP contribution is 2.47. The summed E-state index contributed by atoms with van der Waals surface area (Å²) < 4.78 is 0. The van der Waals surface area contributed by atoms with E-state index in [1.54, 1.807) is 6.08 Å². The summed E-state index contributed by atoms with van der Waals surface area (Å²) in [5, 5.41) is 23.3. The SMILES string of the molecule is C=CCC1(O)CCC=C(CC#[N+][O-])C1(C)C. The van der Waals surface area contributed by atoms with Crippen LogP contribution in [0.15, 0.2) is 24.3 Å². The van der Waals surface area contributed by atoms with Crippen molar-refractivity contribution in [1.29, 1.82) is 0 Å². The molecule has 0 bridgehead atoms. The summed E-state index contributed by atoms with van der Waals surface area (Å²) in [5.74, 6) is 0. The molecule has 1 atom stereocenters. The van der Waals surface area contributed by atoms with Crippen molar-refractivity contribution in [3.05, 3.63) is 34.5 Å². The van der Waals surface area contributed by atoms with Gasteiger partial charge in [-0.1, -0.05) is 26.0 Å². The summed E-state index contributed by atoms with van der Waals surface area (Å²) in [5.41, 5.74) is -0.108. The standard InChI is InChI=1S/C13H19NO2/c1-4-8-13(15)9-5-6-11(7-10-14-16)12(13,2)3/h4,6,15H,1,5,7-9H2,2-3H3. The first-order valence-electron chi connectivity index (χ1n) is 5.56. The third-order valence-corrected chi connectivity index (χ3v) is 3.73. The number of nitrogens with zero attached hydrogens (tertiary/aromatic N) is 1. The molecule has 1 unspecified atom stereocenters. The summed E-state index contributed by atoms with van der Waals surface area (Å²) >= 11 is 0. The van der Waals surface area contributed by atoms with Crippen LogP contribution in [0, 0.1) is 16.7 Å². The van der Waals surface area contributed by atoms with Gasteiger partial charge in [0.15, 0.2) is 0 Å². The minimum atomic E-state index is -0.774. The van der Waals surface area contributed by atoms with Crippen LogP contribution in [-0.4, -0.2) is 10.7 Å². The fourth-order valence-corrected chi connectivity index (χ4v) is 2.36. The number of aliphatic hydroxyl groups is 1. The Morgan fingerprint density at radius 3 is 2.94 bits per heavy atom. The van der Waals surface area contributed by atoms with Crippen LogP contribution in [0.2, 0.25) is 0 Å². The van der Waals surface area contributed by atoms with E-state index in [-0.39, 0.29) is 5.41 Å². The van der Waals surface area contributed by atoms with Gasteiger partial charge in [-0.25, -0.2) is 0 Å². The summed E-state index contributed by atoms with van der Waals surface area (Å²) in [6.45, 7) is 7.68. The molecule has 0 fully saturated rings. The molecule has 1 aliphatic rings. The van der Waals surface area contributed by atoms with Crippen molar-refractivity contribution in [3.8, 4) is 6.07 Å². The number of hydrogen-bond acceptors (Lipinski definition) is 2. The van der Waals surface area contributed by atoms with Crippen molar-refractivity contribution in [2.45, 2.75) is 45.1 Å². The molecular weight excluding hydrogens is 202 g/mol. The lowest BCUT2D eigenvalue weighted by molar-refractivity contribution is -0.0582. The van der Waals surface area contributed by atoms with Crippen LogP contribution in [0.4, 0.5) is 0 Å². The van der Waals surface area contributed by atoms with Crippen molar-refractivity contribution >= 4 is 0 Å².